The average Bonchev–Trinajstić information content (AvgIpc) is 3.10. The molecule has 0 bridgehead atoms. The molecule has 1 heterocycles. The Kier molecular flexibility index (Phi) is 6.21. The van der Waals surface area contributed by atoms with Gasteiger partial charge in [-0.3, -0.25) is 9.59 Å². The standard InChI is InChI=1S/C20H16Cl2N2O5S/c1-11-7-8-29-18(11)20(26)23-13-9-15(21)17(16(22)10-13)24-19(25)12-3-5-14(6-4-12)30(2,27)28/h3-10H,1-2H3,(H,23,26)(H,24,25). The van der Waals surface area contributed by atoms with Crippen LogP contribution in [0.3, 0.4) is 0 Å². The number of amides is 2. The largest absolute Gasteiger partial charge is 0.459 e. The van der Waals surface area contributed by atoms with E-state index in [0.29, 0.717) is 11.3 Å². The first-order chi connectivity index (χ1) is 14.1. The van der Waals surface area contributed by atoms with Crippen LogP contribution in [0.15, 0.2) is 58.0 Å². The summed E-state index contributed by atoms with van der Waals surface area (Å²) in [5.41, 5.74) is 1.37. The Balaban J connectivity index is 1.78. The number of aryl methyl sites for hydroxylation is 1. The van der Waals surface area contributed by atoms with E-state index in [4.69, 9.17) is 27.6 Å². The summed E-state index contributed by atoms with van der Waals surface area (Å²) in [5, 5.41) is 5.43. The van der Waals surface area contributed by atoms with E-state index in [1.807, 2.05) is 0 Å². The average molecular weight is 467 g/mol. The lowest BCUT2D eigenvalue weighted by Gasteiger charge is -2.12. The van der Waals surface area contributed by atoms with Crippen LogP contribution in [-0.4, -0.2) is 26.5 Å². The minimum atomic E-state index is -3.37. The summed E-state index contributed by atoms with van der Waals surface area (Å²) in [6, 6.07) is 9.97. The lowest BCUT2D eigenvalue weighted by atomic mass is 10.2. The normalized spacial score (nSPS) is 11.2. The van der Waals surface area contributed by atoms with Crippen LogP contribution in [0.25, 0.3) is 0 Å². The fraction of sp³-hybridized carbons (Fsp3) is 0.100. The van der Waals surface area contributed by atoms with Crippen molar-refractivity contribution in [3.8, 4) is 0 Å². The van der Waals surface area contributed by atoms with Gasteiger partial charge >= 0.3 is 0 Å². The lowest BCUT2D eigenvalue weighted by Crippen LogP contribution is -2.14. The van der Waals surface area contributed by atoms with Gasteiger partial charge in [-0.15, -0.1) is 0 Å². The molecule has 0 unspecified atom stereocenters. The van der Waals surface area contributed by atoms with Gasteiger partial charge in [0, 0.05) is 23.1 Å². The first-order valence-electron chi connectivity index (χ1n) is 8.52. The van der Waals surface area contributed by atoms with E-state index >= 15 is 0 Å². The van der Waals surface area contributed by atoms with E-state index in [1.165, 1.54) is 42.7 Å². The number of carbonyl (C=O) groups is 2. The molecule has 2 amide bonds. The predicted octanol–water partition coefficient (Wildman–Crippen LogP) is 4.80. The highest BCUT2D eigenvalue weighted by atomic mass is 35.5. The van der Waals surface area contributed by atoms with Crippen molar-refractivity contribution in [2.45, 2.75) is 11.8 Å². The van der Waals surface area contributed by atoms with Crippen LogP contribution in [0.1, 0.15) is 26.5 Å². The van der Waals surface area contributed by atoms with Crippen molar-refractivity contribution in [3.05, 3.63) is 75.7 Å². The maximum atomic E-state index is 12.5. The Morgan fingerprint density at radius 3 is 2.03 bits per heavy atom. The molecule has 0 aliphatic heterocycles. The molecule has 10 heteroatoms. The van der Waals surface area contributed by atoms with Gasteiger partial charge < -0.3 is 15.1 Å². The minimum Gasteiger partial charge on any atom is -0.459 e. The summed E-state index contributed by atoms with van der Waals surface area (Å²) in [4.78, 5) is 24.8. The number of rotatable bonds is 5. The molecule has 0 atom stereocenters. The molecule has 156 valence electrons. The van der Waals surface area contributed by atoms with E-state index in [1.54, 1.807) is 13.0 Å². The smallest absolute Gasteiger partial charge is 0.291 e. The Labute approximate surface area is 182 Å². The van der Waals surface area contributed by atoms with Gasteiger partial charge in [0.2, 0.25) is 0 Å². The number of hydrogen-bond donors (Lipinski definition) is 2. The van der Waals surface area contributed by atoms with Crippen molar-refractivity contribution in [1.82, 2.24) is 0 Å². The molecule has 2 N–H and O–H groups in total. The highest BCUT2D eigenvalue weighted by Gasteiger charge is 2.17. The number of hydrogen-bond acceptors (Lipinski definition) is 5. The molecule has 0 saturated carbocycles. The molecule has 0 aliphatic rings. The number of carbonyl (C=O) groups excluding carboxylic acids is 2. The Bertz CT molecular complexity index is 1210. The molecule has 1 aromatic heterocycles. The highest BCUT2D eigenvalue weighted by molar-refractivity contribution is 7.90. The minimum absolute atomic E-state index is 0.0991. The zero-order chi connectivity index (χ0) is 22.1. The van der Waals surface area contributed by atoms with Crippen LogP contribution in [0.5, 0.6) is 0 Å². The van der Waals surface area contributed by atoms with Crippen molar-refractivity contribution in [3.63, 3.8) is 0 Å². The summed E-state index contributed by atoms with van der Waals surface area (Å²) in [6.45, 7) is 1.74. The van der Waals surface area contributed by atoms with Gasteiger partial charge in [0.1, 0.15) is 0 Å². The quantitative estimate of drug-likeness (QED) is 0.561. The third kappa shape index (κ3) is 4.84. The van der Waals surface area contributed by atoms with Crippen molar-refractivity contribution < 1.29 is 22.4 Å². The Morgan fingerprint density at radius 1 is 0.933 bits per heavy atom. The van der Waals surface area contributed by atoms with Crippen molar-refractivity contribution in [2.75, 3.05) is 16.9 Å². The number of nitrogens with one attached hydrogen (secondary N) is 2. The van der Waals surface area contributed by atoms with E-state index in [9.17, 15) is 18.0 Å². The maximum absolute atomic E-state index is 12.5. The van der Waals surface area contributed by atoms with Crippen LogP contribution >= 0.6 is 23.2 Å². The van der Waals surface area contributed by atoms with Gasteiger partial charge in [-0.05, 0) is 49.4 Å². The number of furan rings is 1. The van der Waals surface area contributed by atoms with Crippen molar-refractivity contribution >= 4 is 56.2 Å². The van der Waals surface area contributed by atoms with Gasteiger partial charge in [-0.1, -0.05) is 23.2 Å². The van der Waals surface area contributed by atoms with Gasteiger partial charge in [0.25, 0.3) is 11.8 Å². The van der Waals surface area contributed by atoms with Crippen LogP contribution < -0.4 is 10.6 Å². The number of anilines is 2. The van der Waals surface area contributed by atoms with Gasteiger partial charge in [0.15, 0.2) is 15.6 Å². The zero-order valence-corrected chi connectivity index (χ0v) is 18.2. The third-order valence-corrected chi connectivity index (χ3v) is 5.88. The highest BCUT2D eigenvalue weighted by Crippen LogP contribution is 2.34. The van der Waals surface area contributed by atoms with E-state index in [2.05, 4.69) is 10.6 Å². The first kappa shape index (κ1) is 21.9. The molecule has 3 aromatic rings. The Morgan fingerprint density at radius 2 is 1.53 bits per heavy atom. The molecule has 30 heavy (non-hydrogen) atoms. The second kappa shape index (κ2) is 8.51. The van der Waals surface area contributed by atoms with Gasteiger partial charge in [-0.2, -0.15) is 0 Å². The SMILES string of the molecule is Cc1ccoc1C(=O)Nc1cc(Cl)c(NC(=O)c2ccc(S(C)(=O)=O)cc2)c(Cl)c1. The van der Waals surface area contributed by atoms with E-state index < -0.39 is 21.7 Å². The summed E-state index contributed by atoms with van der Waals surface area (Å²) in [6.07, 6.45) is 2.49. The number of sulfone groups is 1. The summed E-state index contributed by atoms with van der Waals surface area (Å²) in [5.74, 6) is -0.827. The lowest BCUT2D eigenvalue weighted by molar-refractivity contribution is 0.0993. The van der Waals surface area contributed by atoms with Crippen LogP contribution in [0.2, 0.25) is 10.0 Å². The number of halogens is 2. The van der Waals surface area contributed by atoms with Gasteiger partial charge in [0.05, 0.1) is 26.9 Å². The van der Waals surface area contributed by atoms with Gasteiger partial charge in [-0.25, -0.2) is 8.42 Å². The van der Waals surface area contributed by atoms with Crippen LogP contribution in [0, 0.1) is 6.92 Å². The summed E-state index contributed by atoms with van der Waals surface area (Å²) in [7, 11) is -3.37. The van der Waals surface area contributed by atoms with Crippen LogP contribution in [0.4, 0.5) is 11.4 Å². The second-order valence-corrected chi connectivity index (χ2v) is 9.28. The summed E-state index contributed by atoms with van der Waals surface area (Å²) >= 11 is 12.5. The maximum Gasteiger partial charge on any atom is 0.291 e. The molecule has 0 fully saturated rings. The number of benzene rings is 2. The zero-order valence-electron chi connectivity index (χ0n) is 15.8. The molecule has 0 aliphatic carbocycles. The van der Waals surface area contributed by atoms with Crippen molar-refractivity contribution in [1.29, 1.82) is 0 Å². The second-order valence-electron chi connectivity index (χ2n) is 6.45. The topological polar surface area (TPSA) is 105 Å². The van der Waals surface area contributed by atoms with E-state index in [0.717, 1.165) is 6.26 Å². The molecule has 3 rings (SSSR count). The molecular formula is C20H16Cl2N2O5S. The van der Waals surface area contributed by atoms with E-state index in [-0.39, 0.29) is 32.0 Å². The Hall–Kier alpha value is -2.81. The fourth-order valence-electron chi connectivity index (χ4n) is 2.60. The van der Waals surface area contributed by atoms with Crippen molar-refractivity contribution in [2.24, 2.45) is 0 Å². The monoisotopic (exact) mass is 466 g/mol. The predicted molar refractivity (Wildman–Crippen MR) is 115 cm³/mol. The third-order valence-electron chi connectivity index (χ3n) is 4.15. The molecule has 7 nitrogen and oxygen atoms in total. The molecule has 0 spiro atoms. The van der Waals surface area contributed by atoms with Crippen LogP contribution in [-0.2, 0) is 9.84 Å². The molecule has 0 saturated heterocycles. The summed E-state index contributed by atoms with van der Waals surface area (Å²) < 4.78 is 28.2. The molecule has 2 aromatic carbocycles. The molecular weight excluding hydrogens is 451 g/mol. The molecule has 0 radical (unpaired) electrons. The first-order valence-corrected chi connectivity index (χ1v) is 11.2. The fourth-order valence-corrected chi connectivity index (χ4v) is 3.81.